The molecule has 0 aromatic heterocycles. The molecule has 2 heteroatoms. The van der Waals surface area contributed by atoms with E-state index in [4.69, 9.17) is 0 Å². The van der Waals surface area contributed by atoms with Crippen molar-refractivity contribution >= 4 is 5.78 Å². The Labute approximate surface area is 155 Å². The molecule has 0 bridgehead atoms. The van der Waals surface area contributed by atoms with Gasteiger partial charge in [0.05, 0.1) is 0 Å². The summed E-state index contributed by atoms with van der Waals surface area (Å²) in [6, 6.07) is 25.3. The summed E-state index contributed by atoms with van der Waals surface area (Å²) in [6.07, 6.45) is 1.18. The Balaban J connectivity index is 0.000000238. The third kappa shape index (κ3) is 6.70. The molecule has 0 N–H and O–H groups in total. The minimum absolute atomic E-state index is 0. The van der Waals surface area contributed by atoms with Gasteiger partial charge in [-0.25, -0.2) is 12.1 Å². The van der Waals surface area contributed by atoms with Gasteiger partial charge in [-0.1, -0.05) is 68.7 Å². The zero-order chi connectivity index (χ0) is 16.7. The molecule has 0 aliphatic carbocycles. The van der Waals surface area contributed by atoms with Crippen molar-refractivity contribution in [3.8, 4) is 0 Å². The van der Waals surface area contributed by atoms with E-state index in [0.29, 0.717) is 5.41 Å². The molecule has 0 spiro atoms. The number of ketones is 1. The second kappa shape index (κ2) is 9.42. The predicted molar refractivity (Wildman–Crippen MR) is 97.1 cm³/mol. The average Bonchev–Trinajstić information content (AvgIpc) is 3.19. The third-order valence-electron chi connectivity index (χ3n) is 3.43. The fraction of sp³-hybridized carbons (Fsp3) is 0.227. The molecule has 0 aliphatic heterocycles. The summed E-state index contributed by atoms with van der Waals surface area (Å²) in [4.78, 5) is 11.7. The predicted octanol–water partition coefficient (Wildman–Crippen LogP) is 5.63. The second-order valence-corrected chi connectivity index (χ2v) is 6.90. The van der Waals surface area contributed by atoms with Crippen LogP contribution in [0.4, 0.5) is 0 Å². The van der Waals surface area contributed by atoms with Gasteiger partial charge in [-0.3, -0.25) is 0 Å². The van der Waals surface area contributed by atoms with Gasteiger partial charge in [-0.2, -0.15) is 29.8 Å². The number of hydrogen-bond donors (Lipinski definition) is 0. The molecule has 0 radical (unpaired) electrons. The van der Waals surface area contributed by atoms with E-state index in [1.807, 2.05) is 54.6 Å². The van der Waals surface area contributed by atoms with E-state index < -0.39 is 0 Å². The first-order valence-corrected chi connectivity index (χ1v) is 7.98. The number of hydrogen-bond acceptors (Lipinski definition) is 1. The SMILES string of the molecule is CC(C)(C)C[c-]1cccc1.O=C(c1ccccc1)[c-]1cccc1.[Fe+2]. The van der Waals surface area contributed by atoms with Crippen LogP contribution in [-0.2, 0) is 23.5 Å². The molecule has 3 aromatic carbocycles. The van der Waals surface area contributed by atoms with E-state index in [9.17, 15) is 4.79 Å². The Hall–Kier alpha value is -1.89. The van der Waals surface area contributed by atoms with Crippen LogP contribution < -0.4 is 0 Å². The summed E-state index contributed by atoms with van der Waals surface area (Å²) in [5, 5.41) is 0. The van der Waals surface area contributed by atoms with Crippen LogP contribution in [0, 0.1) is 5.41 Å². The largest absolute Gasteiger partial charge is 2.00 e. The molecule has 0 atom stereocenters. The van der Waals surface area contributed by atoms with E-state index in [1.54, 1.807) is 0 Å². The van der Waals surface area contributed by atoms with Crippen molar-refractivity contribution < 1.29 is 21.9 Å². The summed E-state index contributed by atoms with van der Waals surface area (Å²) in [5.74, 6) is 0.0885. The van der Waals surface area contributed by atoms with E-state index in [0.717, 1.165) is 11.1 Å². The van der Waals surface area contributed by atoms with Gasteiger partial charge in [0.2, 0.25) is 0 Å². The first kappa shape index (κ1) is 20.2. The molecule has 3 rings (SSSR count). The van der Waals surface area contributed by atoms with Crippen LogP contribution in [0.5, 0.6) is 0 Å². The quantitative estimate of drug-likeness (QED) is 0.336. The average molecular weight is 360 g/mol. The minimum atomic E-state index is 0. The number of benzene rings is 1. The molecule has 126 valence electrons. The first-order valence-electron chi connectivity index (χ1n) is 7.98. The smallest absolute Gasteiger partial charge is 0.311 e. The van der Waals surface area contributed by atoms with Gasteiger partial charge >= 0.3 is 17.1 Å². The zero-order valence-corrected chi connectivity index (χ0v) is 15.6. The maximum Gasteiger partial charge on any atom is 2.00 e. The van der Waals surface area contributed by atoms with Crippen LogP contribution >= 0.6 is 0 Å². The molecule has 0 unspecified atom stereocenters. The number of carbonyl (C=O) groups is 1. The van der Waals surface area contributed by atoms with E-state index >= 15 is 0 Å². The van der Waals surface area contributed by atoms with Crippen molar-refractivity contribution in [1.29, 1.82) is 0 Å². The molecule has 1 nitrogen and oxygen atoms in total. The summed E-state index contributed by atoms with van der Waals surface area (Å²) in [5.41, 5.74) is 3.38. The summed E-state index contributed by atoms with van der Waals surface area (Å²) in [7, 11) is 0. The number of rotatable bonds is 3. The Bertz CT molecular complexity index is 686. The fourth-order valence-corrected chi connectivity index (χ4v) is 2.43. The van der Waals surface area contributed by atoms with Gasteiger partial charge in [-0.05, 0) is 5.41 Å². The molecule has 0 saturated heterocycles. The summed E-state index contributed by atoms with van der Waals surface area (Å²) < 4.78 is 0. The molecule has 24 heavy (non-hydrogen) atoms. The van der Waals surface area contributed by atoms with Gasteiger partial charge in [0.25, 0.3) is 0 Å². The van der Waals surface area contributed by atoms with Crippen LogP contribution in [-0.4, -0.2) is 5.78 Å². The minimum Gasteiger partial charge on any atom is -0.311 e. The van der Waals surface area contributed by atoms with Crippen molar-refractivity contribution in [1.82, 2.24) is 0 Å². The van der Waals surface area contributed by atoms with Crippen LogP contribution in [0.1, 0.15) is 42.3 Å². The van der Waals surface area contributed by atoms with Crippen molar-refractivity contribution in [2.75, 3.05) is 0 Å². The normalized spacial score (nSPS) is 10.3. The second-order valence-electron chi connectivity index (χ2n) is 6.90. The monoisotopic (exact) mass is 360 g/mol. The van der Waals surface area contributed by atoms with E-state index in [1.165, 1.54) is 12.0 Å². The first-order chi connectivity index (χ1) is 11.0. The van der Waals surface area contributed by atoms with Crippen molar-refractivity contribution in [2.45, 2.75) is 27.2 Å². The van der Waals surface area contributed by atoms with Crippen molar-refractivity contribution in [3.63, 3.8) is 0 Å². The standard InChI is InChI=1S/C12H9O.C10H15.Fe/c13-12(11-8-4-5-9-11)10-6-2-1-3-7-10;1-10(2,3)8-9-6-4-5-7-9;/h1-9H;4-7H,8H2,1-3H3;/q2*-1;+2. The van der Waals surface area contributed by atoms with Crippen molar-refractivity contribution in [2.24, 2.45) is 5.41 Å². The Morgan fingerprint density at radius 2 is 1.33 bits per heavy atom. The molecular weight excluding hydrogens is 336 g/mol. The molecule has 0 saturated carbocycles. The Kier molecular flexibility index (Phi) is 7.91. The summed E-state index contributed by atoms with van der Waals surface area (Å²) >= 11 is 0. The third-order valence-corrected chi connectivity index (χ3v) is 3.43. The van der Waals surface area contributed by atoms with E-state index in [2.05, 4.69) is 45.0 Å². The Morgan fingerprint density at radius 1 is 0.833 bits per heavy atom. The molecule has 0 fully saturated rings. The van der Waals surface area contributed by atoms with Gasteiger partial charge in [0, 0.05) is 0 Å². The van der Waals surface area contributed by atoms with Gasteiger partial charge in [0.15, 0.2) is 0 Å². The maximum atomic E-state index is 11.7. The van der Waals surface area contributed by atoms with Gasteiger partial charge in [0.1, 0.15) is 5.78 Å². The molecule has 0 heterocycles. The topological polar surface area (TPSA) is 17.1 Å². The van der Waals surface area contributed by atoms with E-state index in [-0.39, 0.29) is 22.9 Å². The van der Waals surface area contributed by atoms with Crippen LogP contribution in [0.15, 0.2) is 78.9 Å². The molecule has 3 aromatic rings. The van der Waals surface area contributed by atoms with Crippen LogP contribution in [0.2, 0.25) is 0 Å². The zero-order valence-electron chi connectivity index (χ0n) is 14.5. The van der Waals surface area contributed by atoms with Crippen LogP contribution in [0.25, 0.3) is 0 Å². The molecule has 0 aliphatic rings. The summed E-state index contributed by atoms with van der Waals surface area (Å²) in [6.45, 7) is 6.79. The Morgan fingerprint density at radius 3 is 1.83 bits per heavy atom. The number of carbonyl (C=O) groups excluding carboxylic acids is 1. The molecular formula is C22H24FeO. The van der Waals surface area contributed by atoms with Crippen LogP contribution in [0.3, 0.4) is 0 Å². The maximum absolute atomic E-state index is 11.7. The van der Waals surface area contributed by atoms with Gasteiger partial charge < -0.3 is 4.79 Å². The fourth-order valence-electron chi connectivity index (χ4n) is 2.43. The van der Waals surface area contributed by atoms with Crippen molar-refractivity contribution in [3.05, 3.63) is 95.6 Å². The molecule has 0 amide bonds. The van der Waals surface area contributed by atoms with Gasteiger partial charge in [-0.15, -0.1) is 12.1 Å².